The van der Waals surface area contributed by atoms with E-state index in [2.05, 4.69) is 10.6 Å². The van der Waals surface area contributed by atoms with E-state index in [-0.39, 0.29) is 12.1 Å². The first-order chi connectivity index (χ1) is 14.5. The van der Waals surface area contributed by atoms with Crippen molar-refractivity contribution in [1.29, 1.82) is 0 Å². The largest absolute Gasteiger partial charge is 0.417 e. The van der Waals surface area contributed by atoms with E-state index in [9.17, 15) is 31.9 Å². The minimum absolute atomic E-state index is 0.132. The van der Waals surface area contributed by atoms with E-state index in [0.717, 1.165) is 24.3 Å². The van der Waals surface area contributed by atoms with Gasteiger partial charge >= 0.3 is 12.2 Å². The Bertz CT molecular complexity index is 1040. The van der Waals surface area contributed by atoms with Gasteiger partial charge in [0.05, 0.1) is 10.6 Å². The van der Waals surface area contributed by atoms with Crippen LogP contribution in [0, 0.1) is 5.82 Å². The quantitative estimate of drug-likeness (QED) is 0.519. The van der Waals surface area contributed by atoms with Crippen molar-refractivity contribution in [3.8, 4) is 0 Å². The highest BCUT2D eigenvalue weighted by atomic mass is 35.5. The van der Waals surface area contributed by atoms with E-state index < -0.39 is 52.5 Å². The summed E-state index contributed by atoms with van der Waals surface area (Å²) in [7, 11) is 0. The van der Waals surface area contributed by atoms with Crippen molar-refractivity contribution < 1.29 is 31.9 Å². The molecule has 2 aromatic carbocycles. The molecule has 1 unspecified atom stereocenters. The number of carbonyl (C=O) groups excluding carboxylic acids is 3. The molecule has 0 spiro atoms. The number of carbonyl (C=O) groups is 3. The Labute approximate surface area is 179 Å². The van der Waals surface area contributed by atoms with Crippen LogP contribution in [0.15, 0.2) is 42.5 Å². The van der Waals surface area contributed by atoms with Crippen molar-refractivity contribution >= 4 is 35.1 Å². The molecule has 1 fully saturated rings. The minimum Gasteiger partial charge on any atom is -0.325 e. The molecule has 6 nitrogen and oxygen atoms in total. The molecule has 0 saturated carbocycles. The lowest BCUT2D eigenvalue weighted by Crippen LogP contribution is -2.44. The topological polar surface area (TPSA) is 78.5 Å². The van der Waals surface area contributed by atoms with Crippen LogP contribution in [0.25, 0.3) is 0 Å². The molecule has 1 saturated heterocycles. The molecular weight excluding hydrogens is 442 g/mol. The van der Waals surface area contributed by atoms with Crippen molar-refractivity contribution in [3.05, 3.63) is 64.4 Å². The van der Waals surface area contributed by atoms with Crippen LogP contribution in [0.1, 0.15) is 24.5 Å². The zero-order valence-corrected chi connectivity index (χ0v) is 16.8. The second-order valence-corrected chi connectivity index (χ2v) is 7.23. The number of hydrogen-bond donors (Lipinski definition) is 2. The first-order valence-corrected chi connectivity index (χ1v) is 9.42. The summed E-state index contributed by atoms with van der Waals surface area (Å²) in [5.41, 5.74) is -2.48. The minimum atomic E-state index is -4.72. The number of imide groups is 1. The third-order valence-corrected chi connectivity index (χ3v) is 5.23. The average molecular weight is 458 g/mol. The molecule has 4 amide bonds. The van der Waals surface area contributed by atoms with Crippen LogP contribution in [0.5, 0.6) is 0 Å². The van der Waals surface area contributed by atoms with E-state index in [0.29, 0.717) is 16.5 Å². The van der Waals surface area contributed by atoms with E-state index in [1.165, 1.54) is 12.1 Å². The maximum Gasteiger partial charge on any atom is 0.417 e. The van der Waals surface area contributed by atoms with Crippen molar-refractivity contribution in [2.75, 3.05) is 11.9 Å². The Balaban J connectivity index is 1.78. The summed E-state index contributed by atoms with van der Waals surface area (Å²) < 4.78 is 52.2. The van der Waals surface area contributed by atoms with Gasteiger partial charge in [0.15, 0.2) is 0 Å². The van der Waals surface area contributed by atoms with Gasteiger partial charge in [0.1, 0.15) is 17.9 Å². The molecule has 1 atom stereocenters. The summed E-state index contributed by atoms with van der Waals surface area (Å²) in [5, 5.41) is 4.21. The molecule has 0 bridgehead atoms. The monoisotopic (exact) mass is 457 g/mol. The van der Waals surface area contributed by atoms with Crippen molar-refractivity contribution in [2.45, 2.75) is 25.1 Å². The van der Waals surface area contributed by atoms with Gasteiger partial charge in [0, 0.05) is 5.69 Å². The number of nitrogens with zero attached hydrogens (tertiary/aromatic N) is 1. The van der Waals surface area contributed by atoms with Crippen LogP contribution in [0.3, 0.4) is 0 Å². The van der Waals surface area contributed by atoms with Crippen LogP contribution in [0.4, 0.5) is 28.0 Å². The van der Waals surface area contributed by atoms with Crippen molar-refractivity contribution in [3.63, 3.8) is 0 Å². The summed E-state index contributed by atoms with van der Waals surface area (Å²) in [6, 6.07) is 6.93. The molecule has 1 aliphatic rings. The summed E-state index contributed by atoms with van der Waals surface area (Å²) in [6.45, 7) is 0.912. The highest BCUT2D eigenvalue weighted by molar-refractivity contribution is 6.31. The Morgan fingerprint density at radius 1 is 1.16 bits per heavy atom. The number of benzene rings is 2. The van der Waals surface area contributed by atoms with Gasteiger partial charge in [0.25, 0.3) is 5.91 Å². The Morgan fingerprint density at radius 2 is 1.81 bits per heavy atom. The fraction of sp³-hybridized carbons (Fsp3) is 0.250. The molecule has 31 heavy (non-hydrogen) atoms. The fourth-order valence-corrected chi connectivity index (χ4v) is 3.53. The maximum atomic E-state index is 13.2. The summed E-state index contributed by atoms with van der Waals surface area (Å²) in [4.78, 5) is 38.4. The van der Waals surface area contributed by atoms with Crippen LogP contribution in [-0.2, 0) is 21.3 Å². The Morgan fingerprint density at radius 3 is 2.39 bits per heavy atom. The normalized spacial score (nSPS) is 18.8. The molecule has 2 aromatic rings. The SMILES string of the molecule is CCC1(c2ccc(F)cc2)NC(=O)N(CC(=O)Nc2ccc(Cl)c(C(F)(F)F)c2)C1=O. The standard InChI is InChI=1S/C20H16ClF4N3O3/c1-2-19(11-3-5-12(22)6-4-11)17(30)28(18(31)27-19)10-16(29)26-13-7-8-15(21)14(9-13)20(23,24)25/h3-9H,2,10H2,1H3,(H,26,29)(H,27,31). The lowest BCUT2D eigenvalue weighted by atomic mass is 9.87. The lowest BCUT2D eigenvalue weighted by molar-refractivity contribution is -0.137. The number of anilines is 1. The zero-order valence-electron chi connectivity index (χ0n) is 16.0. The number of nitrogens with one attached hydrogen (secondary N) is 2. The molecule has 2 N–H and O–H groups in total. The Kier molecular flexibility index (Phi) is 5.95. The fourth-order valence-electron chi connectivity index (χ4n) is 3.31. The van der Waals surface area contributed by atoms with Gasteiger partial charge < -0.3 is 10.6 Å². The first-order valence-electron chi connectivity index (χ1n) is 9.04. The number of amides is 4. The number of hydrogen-bond acceptors (Lipinski definition) is 3. The number of rotatable bonds is 5. The molecule has 0 aromatic heterocycles. The predicted octanol–water partition coefficient (Wildman–Crippen LogP) is 4.29. The van der Waals surface area contributed by atoms with E-state index in [4.69, 9.17) is 11.6 Å². The second kappa shape index (κ2) is 8.18. The highest BCUT2D eigenvalue weighted by Crippen LogP contribution is 2.36. The molecule has 3 rings (SSSR count). The second-order valence-electron chi connectivity index (χ2n) is 6.83. The van der Waals surface area contributed by atoms with Crippen LogP contribution < -0.4 is 10.6 Å². The first kappa shape index (κ1) is 22.5. The molecular formula is C20H16ClF4N3O3. The molecule has 0 radical (unpaired) electrons. The van der Waals surface area contributed by atoms with Gasteiger partial charge in [-0.3, -0.25) is 14.5 Å². The molecule has 1 aliphatic heterocycles. The van der Waals surface area contributed by atoms with Crippen LogP contribution in [-0.4, -0.2) is 29.3 Å². The third-order valence-electron chi connectivity index (χ3n) is 4.90. The van der Waals surface area contributed by atoms with Gasteiger partial charge in [-0.2, -0.15) is 13.2 Å². The van der Waals surface area contributed by atoms with E-state index in [1.807, 2.05) is 0 Å². The smallest absolute Gasteiger partial charge is 0.325 e. The van der Waals surface area contributed by atoms with Gasteiger partial charge in [-0.15, -0.1) is 0 Å². The number of alkyl halides is 3. The van der Waals surface area contributed by atoms with Crippen molar-refractivity contribution in [1.82, 2.24) is 10.2 Å². The summed E-state index contributed by atoms with van der Waals surface area (Å²) >= 11 is 5.55. The van der Waals surface area contributed by atoms with Gasteiger partial charge in [-0.1, -0.05) is 30.7 Å². The molecule has 0 aliphatic carbocycles. The average Bonchev–Trinajstić information content (AvgIpc) is 2.94. The van der Waals surface area contributed by atoms with Gasteiger partial charge in [0.2, 0.25) is 5.91 Å². The number of halogens is 5. The maximum absolute atomic E-state index is 13.2. The Hall–Kier alpha value is -3.14. The van der Waals surface area contributed by atoms with Crippen molar-refractivity contribution in [2.24, 2.45) is 0 Å². The molecule has 164 valence electrons. The van der Waals surface area contributed by atoms with Crippen LogP contribution in [0.2, 0.25) is 5.02 Å². The van der Waals surface area contributed by atoms with Crippen LogP contribution >= 0.6 is 11.6 Å². The number of urea groups is 1. The van der Waals surface area contributed by atoms with Gasteiger partial charge in [-0.05, 0) is 42.3 Å². The molecule has 1 heterocycles. The molecule has 11 heteroatoms. The highest BCUT2D eigenvalue weighted by Gasteiger charge is 2.51. The predicted molar refractivity (Wildman–Crippen MR) is 104 cm³/mol. The zero-order chi connectivity index (χ0) is 23.0. The lowest BCUT2D eigenvalue weighted by Gasteiger charge is -2.25. The summed E-state index contributed by atoms with van der Waals surface area (Å²) in [6.07, 6.45) is -4.59. The van der Waals surface area contributed by atoms with E-state index in [1.54, 1.807) is 6.92 Å². The van der Waals surface area contributed by atoms with Gasteiger partial charge in [-0.25, -0.2) is 9.18 Å². The summed E-state index contributed by atoms with van der Waals surface area (Å²) in [5.74, 6) is -2.14. The third kappa shape index (κ3) is 4.34. The van der Waals surface area contributed by atoms with E-state index >= 15 is 0 Å².